The second kappa shape index (κ2) is 8.73. The van der Waals surface area contributed by atoms with Crippen LogP contribution in [0.5, 0.6) is 0 Å². The summed E-state index contributed by atoms with van der Waals surface area (Å²) in [6.45, 7) is 2.18. The Hall–Kier alpha value is -4.21. The van der Waals surface area contributed by atoms with Crippen LogP contribution in [0, 0.1) is 10.1 Å². The van der Waals surface area contributed by atoms with E-state index in [0.717, 1.165) is 29.2 Å². The summed E-state index contributed by atoms with van der Waals surface area (Å²) in [5.41, 5.74) is -0.590. The molecule has 1 N–H and O–H groups in total. The third kappa shape index (κ3) is 4.40. The predicted octanol–water partition coefficient (Wildman–Crippen LogP) is 6.46. The fourth-order valence-electron chi connectivity index (χ4n) is 3.61. The van der Waals surface area contributed by atoms with Gasteiger partial charge in [0.25, 0.3) is 0 Å². The Morgan fingerprint density at radius 1 is 1.03 bits per heavy atom. The van der Waals surface area contributed by atoms with Gasteiger partial charge in [-0.3, -0.25) is 10.1 Å². The van der Waals surface area contributed by atoms with E-state index in [1.807, 2.05) is 49.4 Å². The lowest BCUT2D eigenvalue weighted by Crippen LogP contribution is -2.20. The molecule has 0 bridgehead atoms. The molecule has 0 aliphatic heterocycles. The average Bonchev–Trinajstić information content (AvgIpc) is 2.79. The van der Waals surface area contributed by atoms with Gasteiger partial charge in [0.2, 0.25) is 11.6 Å². The number of nitrogens with one attached hydrogen (secondary N) is 1. The zero-order valence-electron chi connectivity index (χ0n) is 17.4. The first-order valence-corrected chi connectivity index (χ1v) is 9.98. The molecule has 168 valence electrons. The normalized spacial score (nSPS) is 11.4. The first kappa shape index (κ1) is 22.0. The molecule has 10 heteroatoms. The first-order valence-electron chi connectivity index (χ1n) is 9.98. The van der Waals surface area contributed by atoms with Gasteiger partial charge in [-0.1, -0.05) is 42.5 Å². The lowest BCUT2D eigenvalue weighted by Gasteiger charge is -2.24. The molecular weight excluding hydrogens is 435 g/mol. The number of alkyl halides is 3. The van der Waals surface area contributed by atoms with Crippen molar-refractivity contribution in [1.29, 1.82) is 0 Å². The Kier molecular flexibility index (Phi) is 5.82. The van der Waals surface area contributed by atoms with Gasteiger partial charge in [-0.25, -0.2) is 9.97 Å². The van der Waals surface area contributed by atoms with Gasteiger partial charge >= 0.3 is 11.9 Å². The minimum Gasteiger partial charge on any atom is -0.334 e. The van der Waals surface area contributed by atoms with E-state index in [2.05, 4.69) is 15.3 Å². The van der Waals surface area contributed by atoms with Crippen molar-refractivity contribution in [1.82, 2.24) is 9.97 Å². The number of fused-ring (bicyclic) bond motifs is 1. The van der Waals surface area contributed by atoms with Crippen LogP contribution < -0.4 is 10.2 Å². The van der Waals surface area contributed by atoms with Crippen molar-refractivity contribution in [3.63, 3.8) is 0 Å². The number of nitrogens with zero attached hydrogens (tertiary/aromatic N) is 4. The zero-order valence-corrected chi connectivity index (χ0v) is 17.4. The fourth-order valence-corrected chi connectivity index (χ4v) is 3.61. The summed E-state index contributed by atoms with van der Waals surface area (Å²) in [5.74, 6) is -0.175. The molecule has 0 saturated heterocycles. The molecule has 0 radical (unpaired) electrons. The van der Waals surface area contributed by atoms with Crippen LogP contribution in [0.15, 0.2) is 73.1 Å². The molecule has 4 rings (SSSR count). The number of halogens is 3. The van der Waals surface area contributed by atoms with E-state index in [1.165, 1.54) is 12.1 Å². The number of hydrogen-bond donors (Lipinski definition) is 1. The summed E-state index contributed by atoms with van der Waals surface area (Å²) in [5, 5.41) is 16.5. The quantitative estimate of drug-likeness (QED) is 0.266. The minimum absolute atomic E-state index is 0.0192. The van der Waals surface area contributed by atoms with Crippen molar-refractivity contribution >= 4 is 39.5 Å². The number of anilines is 4. The van der Waals surface area contributed by atoms with Crippen LogP contribution >= 0.6 is 0 Å². The number of aromatic nitrogens is 2. The molecule has 0 aliphatic carbocycles. The second-order valence-corrected chi connectivity index (χ2v) is 7.10. The van der Waals surface area contributed by atoms with E-state index in [0.29, 0.717) is 12.2 Å². The van der Waals surface area contributed by atoms with Crippen molar-refractivity contribution < 1.29 is 18.1 Å². The molecule has 7 nitrogen and oxygen atoms in total. The summed E-state index contributed by atoms with van der Waals surface area (Å²) >= 11 is 0. The highest BCUT2D eigenvalue weighted by atomic mass is 19.4. The second-order valence-electron chi connectivity index (χ2n) is 7.10. The maximum Gasteiger partial charge on any atom is 0.416 e. The van der Waals surface area contributed by atoms with Gasteiger partial charge in [-0.05, 0) is 36.6 Å². The maximum atomic E-state index is 13.1. The van der Waals surface area contributed by atoms with Crippen molar-refractivity contribution in [2.45, 2.75) is 13.1 Å². The molecule has 0 fully saturated rings. The summed E-state index contributed by atoms with van der Waals surface area (Å²) in [6.07, 6.45) is -3.40. The monoisotopic (exact) mass is 453 g/mol. The minimum atomic E-state index is -4.55. The van der Waals surface area contributed by atoms with Gasteiger partial charge < -0.3 is 10.2 Å². The maximum absolute atomic E-state index is 13.1. The van der Waals surface area contributed by atoms with E-state index >= 15 is 0 Å². The molecule has 0 unspecified atom stereocenters. The largest absolute Gasteiger partial charge is 0.416 e. The van der Waals surface area contributed by atoms with E-state index in [4.69, 9.17) is 0 Å². The molecule has 1 heterocycles. The molecule has 33 heavy (non-hydrogen) atoms. The molecule has 1 aromatic heterocycles. The highest BCUT2D eigenvalue weighted by molar-refractivity contribution is 5.97. The van der Waals surface area contributed by atoms with Gasteiger partial charge in [-0.2, -0.15) is 13.2 Å². The van der Waals surface area contributed by atoms with Crippen LogP contribution in [0.1, 0.15) is 12.5 Å². The molecule has 0 spiro atoms. The summed E-state index contributed by atoms with van der Waals surface area (Å²) in [4.78, 5) is 21.2. The molecule has 0 saturated carbocycles. The van der Waals surface area contributed by atoms with Crippen LogP contribution in [-0.4, -0.2) is 21.4 Å². The molecule has 0 aliphatic rings. The number of rotatable bonds is 6. The Morgan fingerprint density at radius 3 is 2.48 bits per heavy atom. The third-order valence-electron chi connectivity index (χ3n) is 5.07. The van der Waals surface area contributed by atoms with Crippen LogP contribution in [0.3, 0.4) is 0 Å². The third-order valence-corrected chi connectivity index (χ3v) is 5.07. The van der Waals surface area contributed by atoms with E-state index in [1.54, 1.807) is 4.90 Å². The fraction of sp³-hybridized carbons (Fsp3) is 0.130. The van der Waals surface area contributed by atoms with E-state index in [9.17, 15) is 23.3 Å². The van der Waals surface area contributed by atoms with Crippen molar-refractivity contribution in [2.24, 2.45) is 0 Å². The Morgan fingerprint density at radius 2 is 1.76 bits per heavy atom. The van der Waals surface area contributed by atoms with Gasteiger partial charge in [0.15, 0.2) is 0 Å². The summed E-state index contributed by atoms with van der Waals surface area (Å²) in [7, 11) is 0. The van der Waals surface area contributed by atoms with E-state index in [-0.39, 0.29) is 17.3 Å². The van der Waals surface area contributed by atoms with Crippen LogP contribution in [0.25, 0.3) is 10.8 Å². The average molecular weight is 453 g/mol. The SMILES string of the molecule is CCN(c1ncnc(Nc2cccc(C(F)(F)F)c2)c1[N+](=O)[O-])c1cccc2ccccc12. The number of hydrogen-bond acceptors (Lipinski definition) is 6. The Balaban J connectivity index is 1.82. The number of nitro groups is 1. The van der Waals surface area contributed by atoms with Crippen LogP contribution in [0.4, 0.5) is 41.9 Å². The number of benzene rings is 3. The van der Waals surface area contributed by atoms with Crippen LogP contribution in [-0.2, 0) is 6.18 Å². The summed E-state index contributed by atoms with van der Waals surface area (Å²) < 4.78 is 39.2. The topological polar surface area (TPSA) is 84.2 Å². The van der Waals surface area contributed by atoms with E-state index < -0.39 is 22.4 Å². The first-order chi connectivity index (χ1) is 15.8. The van der Waals surface area contributed by atoms with Gasteiger partial charge in [-0.15, -0.1) is 0 Å². The van der Waals surface area contributed by atoms with Gasteiger partial charge in [0.1, 0.15) is 6.33 Å². The summed E-state index contributed by atoms with van der Waals surface area (Å²) in [6, 6.07) is 17.6. The molecular formula is C23H18F3N5O2. The van der Waals surface area contributed by atoms with Crippen molar-refractivity contribution in [3.05, 3.63) is 88.7 Å². The molecule has 0 atom stereocenters. The van der Waals surface area contributed by atoms with Crippen LogP contribution in [0.2, 0.25) is 0 Å². The lowest BCUT2D eigenvalue weighted by atomic mass is 10.1. The predicted molar refractivity (Wildman–Crippen MR) is 120 cm³/mol. The molecule has 3 aromatic carbocycles. The van der Waals surface area contributed by atoms with Gasteiger partial charge in [0, 0.05) is 17.6 Å². The lowest BCUT2D eigenvalue weighted by molar-refractivity contribution is -0.383. The van der Waals surface area contributed by atoms with Gasteiger partial charge in [0.05, 0.1) is 16.2 Å². The highest BCUT2D eigenvalue weighted by Gasteiger charge is 2.31. The molecule has 4 aromatic rings. The zero-order chi connectivity index (χ0) is 23.6. The van der Waals surface area contributed by atoms with Crippen molar-refractivity contribution in [3.8, 4) is 0 Å². The standard InChI is InChI=1S/C23H18F3N5O2/c1-2-30(19-12-5-8-15-7-3-4-11-18(15)19)22-20(31(32)33)21(27-14-28-22)29-17-10-6-9-16(13-17)23(24,25)26/h3-14H,2H2,1H3,(H,27,28,29). The van der Waals surface area contributed by atoms with Crippen molar-refractivity contribution in [2.75, 3.05) is 16.8 Å². The molecule has 0 amide bonds. The highest BCUT2D eigenvalue weighted by Crippen LogP contribution is 2.39. The Bertz CT molecular complexity index is 1320. The smallest absolute Gasteiger partial charge is 0.334 e. The Labute approximate surface area is 186 Å².